The Hall–Kier alpha value is -3.64. The van der Waals surface area contributed by atoms with Gasteiger partial charge in [-0.3, -0.25) is 37.9 Å². The molecule has 0 spiro atoms. The molecular weight excluding hydrogens is 1370 g/mol. The Kier molecular flexibility index (Phi) is 68.5. The second-order valence-corrected chi connectivity index (χ2v) is 30.6. The molecule has 0 radical (unpaired) electrons. The molecule has 0 heterocycles. The molecule has 0 rings (SSSR count). The molecule has 0 aromatic heterocycles. The maximum Gasteiger partial charge on any atom is 0.306 e. The molecule has 104 heavy (non-hydrogen) atoms. The van der Waals surface area contributed by atoms with E-state index in [0.29, 0.717) is 51.4 Å². The highest BCUT2D eigenvalue weighted by Gasteiger charge is 2.25. The van der Waals surface area contributed by atoms with Crippen LogP contribution in [0.5, 0.6) is 0 Å². The number of allylic oxidation sites excluding steroid dienone is 4. The number of aliphatic hydroxyl groups excluding tert-OH is 2. The summed E-state index contributed by atoms with van der Waals surface area (Å²) in [6.45, 7) is 10.0. The largest absolute Gasteiger partial charge is 0.756 e. The SMILES string of the molecule is CCCCCC/C=C\CCCC(=O)O[C@H](CCCCCCC)CC(=O)NC(COCCC(O)CCCCCCC)COP(=O)([O-])OCCNC(=O)CCC(=O)NCCOP(=O)([O-])OCC(COCCC(O)CCCCCCC)NC(=O)C[C@@H](CCCCCCC)OC(=O)CCC/C=C\CCCCCC. The number of ether oxygens (including phenoxy) is 4. The van der Waals surface area contributed by atoms with Gasteiger partial charge in [0, 0.05) is 52.0 Å². The van der Waals surface area contributed by atoms with Crippen molar-refractivity contribution in [2.45, 2.75) is 373 Å². The average Bonchev–Trinajstić information content (AvgIpc) is 1.50. The first kappa shape index (κ1) is 100. The highest BCUT2D eigenvalue weighted by molar-refractivity contribution is 7.46. The molecule has 0 saturated heterocycles. The number of unbranched alkanes of at least 4 members (excludes halogenated alkanes) is 26. The average molecular weight is 1520 g/mol. The third-order valence-electron chi connectivity index (χ3n) is 17.6. The fourth-order valence-electron chi connectivity index (χ4n) is 11.4. The molecule has 0 aliphatic heterocycles. The topological polar surface area (TPSA) is 345 Å². The normalized spacial score (nSPS) is 14.7. The highest BCUT2D eigenvalue weighted by atomic mass is 31.2. The second kappa shape index (κ2) is 71.0. The lowest BCUT2D eigenvalue weighted by Crippen LogP contribution is -2.43. The van der Waals surface area contributed by atoms with E-state index in [-0.39, 0.29) is 90.0 Å². The van der Waals surface area contributed by atoms with Gasteiger partial charge in [-0.05, 0) is 103 Å². The third-order valence-corrected chi connectivity index (χ3v) is 19.5. The Morgan fingerprint density at radius 2 is 0.663 bits per heavy atom. The number of aliphatic hydroxyl groups is 2. The van der Waals surface area contributed by atoms with Crippen LogP contribution in [0.15, 0.2) is 24.3 Å². The number of carbonyl (C=O) groups is 6. The lowest BCUT2D eigenvalue weighted by Gasteiger charge is -2.27. The van der Waals surface area contributed by atoms with Crippen LogP contribution in [0.4, 0.5) is 0 Å². The summed E-state index contributed by atoms with van der Waals surface area (Å²) in [4.78, 5) is 105. The van der Waals surface area contributed by atoms with Gasteiger partial charge in [0.25, 0.3) is 15.6 Å². The minimum atomic E-state index is -5.03. The molecule has 6 unspecified atom stereocenters. The summed E-state index contributed by atoms with van der Waals surface area (Å²) in [5.74, 6) is -3.02. The van der Waals surface area contributed by atoms with Crippen molar-refractivity contribution < 1.29 is 94.9 Å². The quantitative estimate of drug-likeness (QED) is 0.0143. The minimum Gasteiger partial charge on any atom is -0.756 e. The summed E-state index contributed by atoms with van der Waals surface area (Å²) in [7, 11) is -10.1. The number of nitrogens with one attached hydrogen (secondary N) is 4. The van der Waals surface area contributed by atoms with Crippen LogP contribution >= 0.6 is 15.6 Å². The first-order chi connectivity index (χ1) is 50.2. The van der Waals surface area contributed by atoms with Crippen LogP contribution in [0.25, 0.3) is 0 Å². The van der Waals surface area contributed by atoms with Crippen LogP contribution in [-0.2, 0) is 74.9 Å². The van der Waals surface area contributed by atoms with E-state index in [1.165, 1.54) is 38.5 Å². The summed E-state index contributed by atoms with van der Waals surface area (Å²) < 4.78 is 69.8. The maximum absolute atomic E-state index is 13.6. The summed E-state index contributed by atoms with van der Waals surface area (Å²) in [6, 6.07) is -1.97. The van der Waals surface area contributed by atoms with Gasteiger partial charge in [0.15, 0.2) is 0 Å². The van der Waals surface area contributed by atoms with E-state index >= 15 is 0 Å². The fraction of sp³-hybridized carbons (Fsp3) is 0.872. The molecule has 610 valence electrons. The van der Waals surface area contributed by atoms with Gasteiger partial charge in [-0.2, -0.15) is 0 Å². The van der Waals surface area contributed by atoms with E-state index in [4.69, 9.17) is 37.0 Å². The molecule has 0 aliphatic rings. The molecule has 0 aliphatic carbocycles. The predicted octanol–water partition coefficient (Wildman–Crippen LogP) is 14.9. The Balaban J connectivity index is 5.55. The Bertz CT molecular complexity index is 2120. The molecule has 6 N–H and O–H groups in total. The monoisotopic (exact) mass is 1520 g/mol. The molecular formula is C78H146N4O20P2-2. The Morgan fingerprint density at radius 3 is 1.00 bits per heavy atom. The van der Waals surface area contributed by atoms with E-state index in [1.807, 2.05) is 0 Å². The van der Waals surface area contributed by atoms with Crippen LogP contribution in [0.2, 0.25) is 0 Å². The molecule has 0 saturated carbocycles. The molecule has 0 aromatic rings. The van der Waals surface area contributed by atoms with Gasteiger partial charge < -0.3 is 78.3 Å². The zero-order valence-electron chi connectivity index (χ0n) is 65.5. The molecule has 0 bridgehead atoms. The van der Waals surface area contributed by atoms with E-state index in [0.717, 1.165) is 167 Å². The maximum atomic E-state index is 13.6. The van der Waals surface area contributed by atoms with Crippen LogP contribution in [0, 0.1) is 0 Å². The zero-order valence-corrected chi connectivity index (χ0v) is 67.3. The van der Waals surface area contributed by atoms with E-state index in [1.54, 1.807) is 0 Å². The van der Waals surface area contributed by atoms with Crippen LogP contribution in [0.1, 0.15) is 337 Å². The van der Waals surface area contributed by atoms with E-state index < -0.39 is 102 Å². The Labute approximate surface area is 628 Å². The van der Waals surface area contributed by atoms with Crippen molar-refractivity contribution >= 4 is 51.2 Å². The van der Waals surface area contributed by atoms with Crippen molar-refractivity contribution in [1.29, 1.82) is 0 Å². The van der Waals surface area contributed by atoms with Gasteiger partial charge in [0.05, 0.1) is 76.8 Å². The van der Waals surface area contributed by atoms with Crippen molar-refractivity contribution in [2.75, 3.05) is 65.9 Å². The molecule has 24 nitrogen and oxygen atoms in total. The van der Waals surface area contributed by atoms with Crippen molar-refractivity contribution in [2.24, 2.45) is 0 Å². The number of hydrogen-bond donors (Lipinski definition) is 6. The number of carbonyl (C=O) groups excluding carboxylic acids is 6. The number of phosphoric ester groups is 2. The lowest BCUT2D eigenvalue weighted by atomic mass is 10.1. The third kappa shape index (κ3) is 67.7. The second-order valence-electron chi connectivity index (χ2n) is 27.8. The van der Waals surface area contributed by atoms with Crippen LogP contribution in [-0.4, -0.2) is 148 Å². The zero-order chi connectivity index (χ0) is 76.8. The smallest absolute Gasteiger partial charge is 0.306 e. The van der Waals surface area contributed by atoms with Crippen LogP contribution < -0.4 is 31.1 Å². The van der Waals surface area contributed by atoms with Gasteiger partial charge in [0.1, 0.15) is 12.2 Å². The predicted molar refractivity (Wildman–Crippen MR) is 407 cm³/mol. The molecule has 0 aromatic carbocycles. The summed E-state index contributed by atoms with van der Waals surface area (Å²) in [5, 5.41) is 31.6. The van der Waals surface area contributed by atoms with Gasteiger partial charge >= 0.3 is 11.9 Å². The molecule has 8 atom stereocenters. The standard InChI is InChI=1S/C78H148N4O20P2/c1-7-13-19-25-27-29-31-37-43-49-77(89)101-71(47-41-35-23-17-11-5)61-75(87)81-67(63-95-57-53-69(83)45-39-33-21-15-9-3)65-99-103(91,92)97-59-55-79-73(85)51-52-74(86)80-56-60-98-104(93,94)100-66-68(64-96-58-54-70(84)46-40-34-22-16-10-4)82-76(88)62-72(48-42-36-24-18-12-6)102-78(90)50-44-38-32-30-28-26-20-14-8-2/h29-32,67-72,83-84H,7-28,33-66H2,1-6H3,(H,79,85)(H,80,86)(H,81,87)(H,82,88)(H,91,92)(H,93,94)/p-2/b31-29-,32-30-/t67?,68?,69?,70?,71-,72-/m1/s1. The summed E-state index contributed by atoms with van der Waals surface area (Å²) in [6.07, 6.45) is 42.5. The fourth-order valence-corrected chi connectivity index (χ4v) is 12.9. The van der Waals surface area contributed by atoms with E-state index in [9.17, 15) is 57.9 Å². The van der Waals surface area contributed by atoms with Crippen molar-refractivity contribution in [3.8, 4) is 0 Å². The van der Waals surface area contributed by atoms with Gasteiger partial charge in [-0.15, -0.1) is 0 Å². The highest BCUT2D eigenvalue weighted by Crippen LogP contribution is 2.39. The summed E-state index contributed by atoms with van der Waals surface area (Å²) in [5.41, 5.74) is 0. The number of esters is 2. The van der Waals surface area contributed by atoms with Gasteiger partial charge in [-0.25, -0.2) is 0 Å². The van der Waals surface area contributed by atoms with Crippen molar-refractivity contribution in [3.05, 3.63) is 24.3 Å². The van der Waals surface area contributed by atoms with Crippen LogP contribution in [0.3, 0.4) is 0 Å². The number of rotatable bonds is 77. The van der Waals surface area contributed by atoms with Crippen molar-refractivity contribution in [3.63, 3.8) is 0 Å². The van der Waals surface area contributed by atoms with Crippen molar-refractivity contribution in [1.82, 2.24) is 21.3 Å². The van der Waals surface area contributed by atoms with Gasteiger partial charge in [0.2, 0.25) is 23.6 Å². The number of hydrogen-bond acceptors (Lipinski definition) is 20. The lowest BCUT2D eigenvalue weighted by molar-refractivity contribution is -0.227. The molecule has 4 amide bonds. The summed E-state index contributed by atoms with van der Waals surface area (Å²) >= 11 is 0. The number of amides is 4. The van der Waals surface area contributed by atoms with Gasteiger partial charge in [-0.1, -0.05) is 220 Å². The minimum absolute atomic E-state index is 0.134. The first-order valence-electron chi connectivity index (χ1n) is 40.7. The molecule has 0 fully saturated rings. The first-order valence-corrected chi connectivity index (χ1v) is 43.7. The Morgan fingerprint density at radius 1 is 0.356 bits per heavy atom. The number of phosphoric acid groups is 2. The van der Waals surface area contributed by atoms with E-state index in [2.05, 4.69) is 87.1 Å². The molecule has 26 heteroatoms.